The molecule has 2 N–H and O–H groups in total. The van der Waals surface area contributed by atoms with Gasteiger partial charge in [-0.2, -0.15) is 0 Å². The van der Waals surface area contributed by atoms with Gasteiger partial charge in [0.2, 0.25) is 5.95 Å². The number of anilines is 1. The molecule has 4 nitrogen and oxygen atoms in total. The van der Waals surface area contributed by atoms with Gasteiger partial charge in [-0.1, -0.05) is 26.0 Å². The first-order chi connectivity index (χ1) is 9.56. The second-order valence-electron chi connectivity index (χ2n) is 5.35. The Bertz CT molecular complexity index is 754. The quantitative estimate of drug-likeness (QED) is 0.773. The summed E-state index contributed by atoms with van der Waals surface area (Å²) in [6.45, 7) is 6.33. The van der Waals surface area contributed by atoms with Crippen LogP contribution in [-0.2, 0) is 0 Å². The van der Waals surface area contributed by atoms with E-state index in [4.69, 9.17) is 5.73 Å². The van der Waals surface area contributed by atoms with Gasteiger partial charge in [0.15, 0.2) is 5.65 Å². The largest absolute Gasteiger partial charge is 0.369 e. The van der Waals surface area contributed by atoms with Gasteiger partial charge in [-0.3, -0.25) is 4.57 Å². The highest BCUT2D eigenvalue weighted by Crippen LogP contribution is 2.23. The van der Waals surface area contributed by atoms with E-state index in [2.05, 4.69) is 48.1 Å². The van der Waals surface area contributed by atoms with E-state index in [1.54, 1.807) is 0 Å². The fourth-order valence-corrected chi connectivity index (χ4v) is 2.33. The number of nitrogens with zero attached hydrogens (tertiary/aromatic N) is 3. The summed E-state index contributed by atoms with van der Waals surface area (Å²) in [7, 11) is 0. The number of aryl methyl sites for hydroxylation is 1. The summed E-state index contributed by atoms with van der Waals surface area (Å²) in [6, 6.07) is 12.3. The Morgan fingerprint density at radius 3 is 2.35 bits per heavy atom. The van der Waals surface area contributed by atoms with Crippen LogP contribution in [0.1, 0.15) is 31.0 Å². The van der Waals surface area contributed by atoms with E-state index in [0.717, 1.165) is 22.5 Å². The maximum Gasteiger partial charge on any atom is 0.207 e. The number of hydrogen-bond donors (Lipinski definition) is 1. The highest BCUT2D eigenvalue weighted by molar-refractivity contribution is 5.77. The Labute approximate surface area is 118 Å². The van der Waals surface area contributed by atoms with Gasteiger partial charge in [-0.05, 0) is 42.7 Å². The van der Waals surface area contributed by atoms with Crippen LogP contribution < -0.4 is 5.73 Å². The minimum atomic E-state index is 0.468. The van der Waals surface area contributed by atoms with Gasteiger partial charge in [-0.15, -0.1) is 0 Å². The lowest BCUT2D eigenvalue weighted by Gasteiger charge is -2.09. The van der Waals surface area contributed by atoms with Crippen LogP contribution in [0.2, 0.25) is 0 Å². The zero-order valence-electron chi connectivity index (χ0n) is 12.0. The molecule has 0 aliphatic carbocycles. The van der Waals surface area contributed by atoms with Gasteiger partial charge in [0.25, 0.3) is 0 Å². The molecule has 3 rings (SSSR count). The fraction of sp³-hybridized carbons (Fsp3) is 0.250. The van der Waals surface area contributed by atoms with Crippen LogP contribution in [-0.4, -0.2) is 14.5 Å². The molecular weight excluding hydrogens is 248 g/mol. The number of nitrogen functional groups attached to an aromatic ring is 1. The second kappa shape index (κ2) is 4.63. The van der Waals surface area contributed by atoms with Crippen molar-refractivity contribution >= 4 is 17.1 Å². The van der Waals surface area contributed by atoms with Gasteiger partial charge in [0.05, 0.1) is 5.69 Å². The molecule has 0 bridgehead atoms. The van der Waals surface area contributed by atoms with Crippen LogP contribution in [0.4, 0.5) is 5.95 Å². The molecule has 0 radical (unpaired) electrons. The molecule has 3 aromatic rings. The van der Waals surface area contributed by atoms with Crippen molar-refractivity contribution in [3.63, 3.8) is 0 Å². The summed E-state index contributed by atoms with van der Waals surface area (Å²) in [5.41, 5.74) is 10.9. The third-order valence-corrected chi connectivity index (χ3v) is 3.49. The molecule has 0 amide bonds. The number of fused-ring (bicyclic) bond motifs is 1. The van der Waals surface area contributed by atoms with Crippen LogP contribution in [0, 0.1) is 6.92 Å². The SMILES string of the molecule is Cc1ccc2nc(N)n(-c3ccc(C(C)C)cc3)c2n1. The molecule has 2 aromatic heterocycles. The van der Waals surface area contributed by atoms with Gasteiger partial charge >= 0.3 is 0 Å². The van der Waals surface area contributed by atoms with E-state index in [9.17, 15) is 0 Å². The predicted octanol–water partition coefficient (Wildman–Crippen LogP) is 3.43. The number of rotatable bonds is 2. The summed E-state index contributed by atoms with van der Waals surface area (Å²) in [6.07, 6.45) is 0. The number of nitrogens with two attached hydrogens (primary N) is 1. The van der Waals surface area contributed by atoms with Crippen molar-refractivity contribution in [2.24, 2.45) is 0 Å². The number of hydrogen-bond acceptors (Lipinski definition) is 3. The van der Waals surface area contributed by atoms with Crippen LogP contribution >= 0.6 is 0 Å². The minimum Gasteiger partial charge on any atom is -0.369 e. The van der Waals surface area contributed by atoms with E-state index >= 15 is 0 Å². The predicted molar refractivity (Wildman–Crippen MR) is 82.1 cm³/mol. The van der Waals surface area contributed by atoms with Gasteiger partial charge in [0.1, 0.15) is 5.52 Å². The van der Waals surface area contributed by atoms with Crippen LogP contribution in [0.15, 0.2) is 36.4 Å². The Balaban J connectivity index is 2.18. The van der Waals surface area contributed by atoms with E-state index in [-0.39, 0.29) is 0 Å². The molecule has 0 aliphatic heterocycles. The third kappa shape index (κ3) is 2.03. The number of pyridine rings is 1. The van der Waals surface area contributed by atoms with E-state index in [1.807, 2.05) is 23.6 Å². The first-order valence-corrected chi connectivity index (χ1v) is 6.78. The van der Waals surface area contributed by atoms with Crippen LogP contribution in [0.5, 0.6) is 0 Å². The molecule has 4 heteroatoms. The highest BCUT2D eigenvalue weighted by Gasteiger charge is 2.11. The average molecular weight is 266 g/mol. The molecule has 20 heavy (non-hydrogen) atoms. The zero-order valence-corrected chi connectivity index (χ0v) is 12.0. The lowest BCUT2D eigenvalue weighted by Crippen LogP contribution is -2.02. The first-order valence-electron chi connectivity index (χ1n) is 6.78. The standard InChI is InChI=1S/C16H18N4/c1-10(2)12-5-7-13(8-6-12)20-15-14(19-16(20)17)9-4-11(3)18-15/h4-10H,1-3H3,(H2,17,19). The molecule has 102 valence electrons. The fourth-order valence-electron chi connectivity index (χ4n) is 2.33. The Hall–Kier alpha value is -2.36. The van der Waals surface area contributed by atoms with Crippen molar-refractivity contribution in [3.05, 3.63) is 47.7 Å². The topological polar surface area (TPSA) is 56.7 Å². The lowest BCUT2D eigenvalue weighted by molar-refractivity contribution is 0.865. The van der Waals surface area contributed by atoms with Crippen molar-refractivity contribution in [2.45, 2.75) is 26.7 Å². The summed E-state index contributed by atoms with van der Waals surface area (Å²) < 4.78 is 1.90. The van der Waals surface area contributed by atoms with Gasteiger partial charge in [0, 0.05) is 5.69 Å². The van der Waals surface area contributed by atoms with Crippen molar-refractivity contribution < 1.29 is 0 Å². The van der Waals surface area contributed by atoms with Crippen LogP contribution in [0.25, 0.3) is 16.9 Å². The maximum atomic E-state index is 6.05. The van der Waals surface area contributed by atoms with E-state index < -0.39 is 0 Å². The summed E-state index contributed by atoms with van der Waals surface area (Å²) in [4.78, 5) is 8.92. The summed E-state index contributed by atoms with van der Waals surface area (Å²) in [5, 5.41) is 0. The first kappa shape index (κ1) is 12.7. The van der Waals surface area contributed by atoms with Crippen molar-refractivity contribution in [1.29, 1.82) is 0 Å². The Kier molecular flexibility index (Phi) is 2.93. The molecule has 1 aromatic carbocycles. The molecular formula is C16H18N4. The highest BCUT2D eigenvalue weighted by atomic mass is 15.2. The normalized spacial score (nSPS) is 11.4. The maximum absolute atomic E-state index is 6.05. The Morgan fingerprint density at radius 2 is 1.70 bits per heavy atom. The summed E-state index contributed by atoms with van der Waals surface area (Å²) >= 11 is 0. The van der Waals surface area contributed by atoms with E-state index in [0.29, 0.717) is 11.9 Å². The number of benzene rings is 1. The van der Waals surface area contributed by atoms with Crippen LogP contribution in [0.3, 0.4) is 0 Å². The van der Waals surface area contributed by atoms with Gasteiger partial charge in [-0.25, -0.2) is 9.97 Å². The lowest BCUT2D eigenvalue weighted by atomic mass is 10.0. The molecule has 0 unspecified atom stereocenters. The van der Waals surface area contributed by atoms with Gasteiger partial charge < -0.3 is 5.73 Å². The molecule has 2 heterocycles. The molecule has 0 aliphatic rings. The van der Waals surface area contributed by atoms with E-state index in [1.165, 1.54) is 5.56 Å². The van der Waals surface area contributed by atoms with Crippen molar-refractivity contribution in [2.75, 3.05) is 5.73 Å². The van der Waals surface area contributed by atoms with Crippen molar-refractivity contribution in [1.82, 2.24) is 14.5 Å². The summed E-state index contributed by atoms with van der Waals surface area (Å²) in [5.74, 6) is 0.983. The Morgan fingerprint density at radius 1 is 1.00 bits per heavy atom. The molecule has 0 atom stereocenters. The molecule has 0 saturated heterocycles. The average Bonchev–Trinajstić information content (AvgIpc) is 2.74. The molecule has 0 fully saturated rings. The monoisotopic (exact) mass is 266 g/mol. The number of imidazole rings is 1. The molecule has 0 spiro atoms. The minimum absolute atomic E-state index is 0.468. The molecule has 0 saturated carbocycles. The smallest absolute Gasteiger partial charge is 0.207 e. The zero-order chi connectivity index (χ0) is 14.3. The number of aromatic nitrogens is 3. The third-order valence-electron chi connectivity index (χ3n) is 3.49. The van der Waals surface area contributed by atoms with Crippen molar-refractivity contribution in [3.8, 4) is 5.69 Å². The second-order valence-corrected chi connectivity index (χ2v) is 5.35.